The Labute approximate surface area is 267 Å². The van der Waals surface area contributed by atoms with E-state index in [0.29, 0.717) is 31.9 Å². The van der Waals surface area contributed by atoms with Gasteiger partial charge in [0, 0.05) is 25.3 Å². The summed E-state index contributed by atoms with van der Waals surface area (Å²) in [6.07, 6.45) is -2.79. The van der Waals surface area contributed by atoms with Gasteiger partial charge >= 0.3 is 12.1 Å². The van der Waals surface area contributed by atoms with Crippen LogP contribution in [0.4, 0.5) is 18.9 Å². The zero-order chi connectivity index (χ0) is 33.2. The summed E-state index contributed by atoms with van der Waals surface area (Å²) in [7, 11) is 5.33. The van der Waals surface area contributed by atoms with Gasteiger partial charge in [-0.3, -0.25) is 9.36 Å². The largest absolute Gasteiger partial charge is 0.496 e. The zero-order valence-electron chi connectivity index (χ0n) is 25.8. The third-order valence-electron chi connectivity index (χ3n) is 7.40. The van der Waals surface area contributed by atoms with E-state index in [1.54, 1.807) is 38.1 Å². The third kappa shape index (κ3) is 6.71. The first kappa shape index (κ1) is 32.6. The number of ether oxygens (including phenoxy) is 3. The number of allylic oxidation sites excluding steroid dienone is 1. The normalized spacial score (nSPS) is 14.9. The molecule has 0 saturated carbocycles. The maximum atomic E-state index is 14.0. The number of thiazole rings is 1. The van der Waals surface area contributed by atoms with Gasteiger partial charge in [0.1, 0.15) is 18.1 Å². The summed E-state index contributed by atoms with van der Waals surface area (Å²) in [5.74, 6) is -0.0104. The lowest BCUT2D eigenvalue weighted by Gasteiger charge is -2.25. The van der Waals surface area contributed by atoms with Crippen molar-refractivity contribution in [3.63, 3.8) is 0 Å². The van der Waals surface area contributed by atoms with Crippen molar-refractivity contribution in [3.05, 3.63) is 120 Å². The lowest BCUT2D eigenvalue weighted by atomic mass is 9.95. The lowest BCUT2D eigenvalue weighted by molar-refractivity contribution is -0.139. The molecule has 0 radical (unpaired) electrons. The Kier molecular flexibility index (Phi) is 9.38. The molecule has 8 nitrogen and oxygen atoms in total. The Morgan fingerprint density at radius 2 is 1.83 bits per heavy atom. The second-order valence-corrected chi connectivity index (χ2v) is 11.7. The summed E-state index contributed by atoms with van der Waals surface area (Å²) < 4.78 is 57.9. The third-order valence-corrected chi connectivity index (χ3v) is 8.38. The predicted molar refractivity (Wildman–Crippen MR) is 170 cm³/mol. The van der Waals surface area contributed by atoms with Gasteiger partial charge in [0.25, 0.3) is 5.56 Å². The minimum absolute atomic E-state index is 0.0574. The number of hydrogen-bond acceptors (Lipinski definition) is 8. The van der Waals surface area contributed by atoms with Gasteiger partial charge in [-0.25, -0.2) is 9.79 Å². The summed E-state index contributed by atoms with van der Waals surface area (Å²) in [5.41, 5.74) is 2.51. The van der Waals surface area contributed by atoms with Crippen molar-refractivity contribution in [3.8, 4) is 11.5 Å². The number of alkyl halides is 3. The number of nitrogens with zero attached hydrogens (tertiary/aromatic N) is 3. The molecule has 1 aliphatic rings. The first-order chi connectivity index (χ1) is 21.9. The average molecular weight is 652 g/mol. The summed E-state index contributed by atoms with van der Waals surface area (Å²) in [6.45, 7) is 3.55. The highest BCUT2D eigenvalue weighted by Crippen LogP contribution is 2.33. The number of rotatable bonds is 9. The van der Waals surface area contributed by atoms with E-state index in [9.17, 15) is 22.8 Å². The molecule has 0 saturated heterocycles. The van der Waals surface area contributed by atoms with Crippen LogP contribution in [0.3, 0.4) is 0 Å². The quantitative estimate of drug-likeness (QED) is 0.224. The molecule has 0 fully saturated rings. The highest BCUT2D eigenvalue weighted by molar-refractivity contribution is 7.07. The van der Waals surface area contributed by atoms with Crippen molar-refractivity contribution < 1.29 is 32.2 Å². The predicted octanol–water partition coefficient (Wildman–Crippen LogP) is 5.47. The molecule has 4 aromatic rings. The van der Waals surface area contributed by atoms with Crippen LogP contribution < -0.4 is 29.3 Å². The maximum absolute atomic E-state index is 14.0. The number of hydrogen-bond donors (Lipinski definition) is 0. The molecule has 12 heteroatoms. The fourth-order valence-electron chi connectivity index (χ4n) is 5.14. The van der Waals surface area contributed by atoms with Crippen LogP contribution in [0.25, 0.3) is 6.08 Å². The van der Waals surface area contributed by atoms with Crippen LogP contribution in [-0.2, 0) is 22.3 Å². The van der Waals surface area contributed by atoms with Crippen molar-refractivity contribution in [1.29, 1.82) is 0 Å². The number of carbonyl (C=O) groups is 1. The Balaban J connectivity index is 1.55. The SMILES string of the molecule is CCOC(=O)C1=C(C)N=c2s/c(=C\c3ccc(OC)c(COc4cccc(C(F)(F)F)c4)c3)c(=O)n2C1c1ccc(N(C)C)cc1. The van der Waals surface area contributed by atoms with Crippen molar-refractivity contribution in [2.75, 3.05) is 32.7 Å². The Morgan fingerprint density at radius 1 is 1.09 bits per heavy atom. The molecule has 46 heavy (non-hydrogen) atoms. The van der Waals surface area contributed by atoms with Crippen LogP contribution >= 0.6 is 11.3 Å². The molecular weight excluding hydrogens is 619 g/mol. The number of fused-ring (bicyclic) bond motifs is 1. The van der Waals surface area contributed by atoms with Gasteiger partial charge in [0.15, 0.2) is 4.80 Å². The van der Waals surface area contributed by atoms with Gasteiger partial charge in [0.05, 0.1) is 41.1 Å². The van der Waals surface area contributed by atoms with Crippen LogP contribution in [0.5, 0.6) is 11.5 Å². The highest BCUT2D eigenvalue weighted by Gasteiger charge is 2.33. The second kappa shape index (κ2) is 13.3. The van der Waals surface area contributed by atoms with Crippen LogP contribution in [0.15, 0.2) is 87.8 Å². The Morgan fingerprint density at radius 3 is 2.48 bits per heavy atom. The zero-order valence-corrected chi connectivity index (χ0v) is 26.7. The molecule has 0 amide bonds. The van der Waals surface area contributed by atoms with Gasteiger partial charge in [-0.15, -0.1) is 0 Å². The minimum atomic E-state index is -4.49. The van der Waals surface area contributed by atoms with Gasteiger partial charge in [0.2, 0.25) is 0 Å². The standard InChI is InChI=1S/C34H32F3N3O5S/c1-6-44-32(42)29-20(2)38-33-40(30(29)22-11-13-25(14-12-22)39(3)4)31(41)28(46-33)17-21-10-15-27(43-5)23(16-21)19-45-26-9-7-8-24(18-26)34(35,36)37/h7-18,30H,6,19H2,1-5H3/b28-17-. The van der Waals surface area contributed by atoms with Gasteiger partial charge in [-0.2, -0.15) is 13.2 Å². The smallest absolute Gasteiger partial charge is 0.416 e. The molecule has 1 unspecified atom stereocenters. The first-order valence-electron chi connectivity index (χ1n) is 14.3. The monoisotopic (exact) mass is 651 g/mol. The lowest BCUT2D eigenvalue weighted by Crippen LogP contribution is -2.39. The number of methoxy groups -OCH3 is 1. The van der Waals surface area contributed by atoms with E-state index in [1.165, 1.54) is 35.1 Å². The topological polar surface area (TPSA) is 82.4 Å². The molecule has 1 aliphatic heterocycles. The van der Waals surface area contributed by atoms with Crippen LogP contribution in [0, 0.1) is 0 Å². The first-order valence-corrected chi connectivity index (χ1v) is 15.2. The van der Waals surface area contributed by atoms with Crippen LogP contribution in [0.1, 0.15) is 42.1 Å². The fourth-order valence-corrected chi connectivity index (χ4v) is 6.18. The van der Waals surface area contributed by atoms with Crippen molar-refractivity contribution in [2.24, 2.45) is 4.99 Å². The molecule has 0 N–H and O–H groups in total. The molecule has 1 aromatic heterocycles. The number of halogens is 3. The van der Waals surface area contributed by atoms with E-state index in [2.05, 4.69) is 4.99 Å². The summed E-state index contributed by atoms with van der Waals surface area (Å²) >= 11 is 1.19. The van der Waals surface area contributed by atoms with Crippen LogP contribution in [-0.4, -0.2) is 38.3 Å². The Bertz CT molecular complexity index is 1980. The molecule has 1 atom stereocenters. The van der Waals surface area contributed by atoms with Gasteiger partial charge in [-0.1, -0.05) is 35.6 Å². The Hall–Kier alpha value is -4.84. The van der Waals surface area contributed by atoms with Crippen molar-refractivity contribution in [2.45, 2.75) is 32.7 Å². The molecule has 0 aliphatic carbocycles. The number of esters is 1. The van der Waals surface area contributed by atoms with E-state index >= 15 is 0 Å². The van der Waals surface area contributed by atoms with Gasteiger partial charge in [-0.05, 0) is 73.5 Å². The van der Waals surface area contributed by atoms with Crippen molar-refractivity contribution >= 4 is 29.1 Å². The minimum Gasteiger partial charge on any atom is -0.496 e. The number of benzene rings is 3. The molecular formula is C34H32F3N3O5S. The second-order valence-electron chi connectivity index (χ2n) is 10.7. The maximum Gasteiger partial charge on any atom is 0.416 e. The van der Waals surface area contributed by atoms with E-state index in [-0.39, 0.29) is 30.1 Å². The number of anilines is 1. The van der Waals surface area contributed by atoms with Crippen molar-refractivity contribution in [1.82, 2.24) is 4.57 Å². The summed E-state index contributed by atoms with van der Waals surface area (Å²) in [4.78, 5) is 34.2. The molecule has 0 spiro atoms. The van der Waals surface area contributed by atoms with E-state index in [0.717, 1.165) is 23.4 Å². The molecule has 240 valence electrons. The average Bonchev–Trinajstić information content (AvgIpc) is 3.32. The van der Waals surface area contributed by atoms with E-state index in [4.69, 9.17) is 14.2 Å². The fraction of sp³-hybridized carbons (Fsp3) is 0.265. The van der Waals surface area contributed by atoms with E-state index < -0.39 is 23.8 Å². The molecule has 3 aromatic carbocycles. The molecule has 0 bridgehead atoms. The van der Waals surface area contributed by atoms with E-state index in [1.807, 2.05) is 43.3 Å². The van der Waals surface area contributed by atoms with Gasteiger partial charge < -0.3 is 19.1 Å². The summed E-state index contributed by atoms with van der Waals surface area (Å²) in [6, 6.07) is 16.7. The number of carbonyl (C=O) groups excluding carboxylic acids is 1. The summed E-state index contributed by atoms with van der Waals surface area (Å²) in [5, 5.41) is 0. The molecule has 2 heterocycles. The molecule has 5 rings (SSSR count). The van der Waals surface area contributed by atoms with Crippen LogP contribution in [0.2, 0.25) is 0 Å². The number of aromatic nitrogens is 1. The highest BCUT2D eigenvalue weighted by atomic mass is 32.1.